The van der Waals surface area contributed by atoms with E-state index in [1.165, 1.54) is 6.07 Å². The van der Waals surface area contributed by atoms with Gasteiger partial charge in [0.05, 0.1) is 18.2 Å². The van der Waals surface area contributed by atoms with Crippen molar-refractivity contribution in [3.05, 3.63) is 71.5 Å². The third-order valence-electron chi connectivity index (χ3n) is 5.85. The number of carboxylic acid groups (broad SMARTS) is 1. The average Bonchev–Trinajstić information content (AvgIpc) is 2.97. The highest BCUT2D eigenvalue weighted by molar-refractivity contribution is 8.11. The van der Waals surface area contributed by atoms with Gasteiger partial charge in [-0.05, 0) is 30.9 Å². The molecule has 2 aromatic carbocycles. The number of nitrogens with one attached hydrogen (secondary N) is 1. The molecule has 6 nitrogen and oxygen atoms in total. The molecule has 0 radical (unpaired) electrons. The average molecular weight is 430 g/mol. The van der Waals surface area contributed by atoms with Crippen molar-refractivity contribution < 1.29 is 19.1 Å². The third-order valence-corrected chi connectivity index (χ3v) is 6.63. The molecule has 2 aromatic rings. The van der Waals surface area contributed by atoms with Crippen LogP contribution in [-0.2, 0) is 17.8 Å². The molecule has 158 valence electrons. The molecule has 2 fully saturated rings. The van der Waals surface area contributed by atoms with Crippen molar-refractivity contribution in [1.29, 1.82) is 0 Å². The van der Waals surface area contributed by atoms with Crippen molar-refractivity contribution in [1.82, 2.24) is 14.5 Å². The van der Waals surface area contributed by atoms with E-state index in [4.69, 9.17) is 5.11 Å². The van der Waals surface area contributed by atoms with E-state index in [1.807, 2.05) is 30.3 Å². The number of benzene rings is 2. The van der Waals surface area contributed by atoms with Gasteiger partial charge in [0.15, 0.2) is 0 Å². The summed E-state index contributed by atoms with van der Waals surface area (Å²) < 4.78 is 16.1. The number of amides is 1. The summed E-state index contributed by atoms with van der Waals surface area (Å²) in [5.74, 6) is -0.368. The predicted molar refractivity (Wildman–Crippen MR) is 113 cm³/mol. The summed E-state index contributed by atoms with van der Waals surface area (Å²) in [6, 6.07) is 15.9. The van der Waals surface area contributed by atoms with Crippen molar-refractivity contribution in [2.24, 2.45) is 0 Å². The zero-order chi connectivity index (χ0) is 21.1. The van der Waals surface area contributed by atoms with Crippen LogP contribution in [0.4, 0.5) is 9.18 Å². The summed E-state index contributed by atoms with van der Waals surface area (Å²) >= 11 is 0.788. The van der Waals surface area contributed by atoms with Gasteiger partial charge < -0.3 is 10.0 Å². The van der Waals surface area contributed by atoms with Gasteiger partial charge in [0.25, 0.3) is 0 Å². The molecule has 2 saturated heterocycles. The summed E-state index contributed by atoms with van der Waals surface area (Å²) in [6.45, 7) is 1.25. The maximum atomic E-state index is 14.3. The molecule has 2 N–H and O–H groups in total. The van der Waals surface area contributed by atoms with E-state index < -0.39 is 17.0 Å². The molecule has 30 heavy (non-hydrogen) atoms. The Balaban J connectivity index is 1.57. The van der Waals surface area contributed by atoms with Crippen LogP contribution in [0.3, 0.4) is 0 Å². The monoisotopic (exact) mass is 429 g/mol. The SMILES string of the molecule is O=C(O)SN1CCC2(CC1)NC(Cc1ccccc1)C(=O)N2Cc1ccccc1F. The van der Waals surface area contributed by atoms with E-state index in [-0.39, 0.29) is 18.3 Å². The second kappa shape index (κ2) is 8.75. The normalized spacial score (nSPS) is 21.3. The maximum Gasteiger partial charge on any atom is 0.380 e. The first kappa shape index (κ1) is 20.8. The van der Waals surface area contributed by atoms with Crippen LogP contribution >= 0.6 is 11.9 Å². The molecule has 2 aliphatic heterocycles. The molecule has 2 aliphatic rings. The topological polar surface area (TPSA) is 72.9 Å². The highest BCUT2D eigenvalue weighted by Crippen LogP contribution is 2.36. The van der Waals surface area contributed by atoms with E-state index in [1.54, 1.807) is 27.4 Å². The van der Waals surface area contributed by atoms with Gasteiger partial charge in [0.2, 0.25) is 5.91 Å². The Morgan fingerprint density at radius 2 is 1.80 bits per heavy atom. The fourth-order valence-corrected chi connectivity index (χ4v) is 4.94. The number of piperidine rings is 1. The fourth-order valence-electron chi connectivity index (χ4n) is 4.35. The van der Waals surface area contributed by atoms with E-state index >= 15 is 0 Å². The number of hydrogen-bond donors (Lipinski definition) is 2. The van der Waals surface area contributed by atoms with Crippen LogP contribution in [0.25, 0.3) is 0 Å². The van der Waals surface area contributed by atoms with Crippen LogP contribution in [0.2, 0.25) is 0 Å². The largest absolute Gasteiger partial charge is 0.472 e. The Hall–Kier alpha value is -2.42. The standard InChI is InChI=1S/C22H24FN3O3S/c23-18-9-5-4-8-17(18)15-26-20(27)19(14-16-6-2-1-3-7-16)24-22(26)10-12-25(13-11-22)30-21(28)29/h1-9,19,24H,10-15H2,(H,28,29). The molecule has 1 unspecified atom stereocenters. The van der Waals surface area contributed by atoms with Crippen molar-refractivity contribution in [3.8, 4) is 0 Å². The molecule has 0 saturated carbocycles. The van der Waals surface area contributed by atoms with Crippen LogP contribution in [0.1, 0.15) is 24.0 Å². The Kier molecular flexibility index (Phi) is 6.08. The van der Waals surface area contributed by atoms with Crippen molar-refractivity contribution in [2.45, 2.75) is 37.5 Å². The number of rotatable bonds is 5. The van der Waals surface area contributed by atoms with Crippen LogP contribution in [-0.4, -0.2) is 50.3 Å². The lowest BCUT2D eigenvalue weighted by molar-refractivity contribution is -0.134. The lowest BCUT2D eigenvalue weighted by Gasteiger charge is -2.44. The summed E-state index contributed by atoms with van der Waals surface area (Å²) in [6.07, 6.45) is 1.72. The Morgan fingerprint density at radius 1 is 1.13 bits per heavy atom. The summed E-state index contributed by atoms with van der Waals surface area (Å²) in [5.41, 5.74) is 0.939. The highest BCUT2D eigenvalue weighted by atomic mass is 32.2. The summed E-state index contributed by atoms with van der Waals surface area (Å²) in [7, 11) is 0. The fraction of sp³-hybridized carbons (Fsp3) is 0.364. The zero-order valence-corrected chi connectivity index (χ0v) is 17.3. The highest BCUT2D eigenvalue weighted by Gasteiger charge is 2.51. The minimum atomic E-state index is -0.938. The van der Waals surface area contributed by atoms with Crippen LogP contribution in [0, 0.1) is 5.82 Å². The molecule has 1 atom stereocenters. The molecule has 0 aromatic heterocycles. The predicted octanol–water partition coefficient (Wildman–Crippen LogP) is 3.49. The number of carbonyl (C=O) groups excluding carboxylic acids is 1. The van der Waals surface area contributed by atoms with Crippen LogP contribution < -0.4 is 5.32 Å². The van der Waals surface area contributed by atoms with Gasteiger partial charge >= 0.3 is 5.30 Å². The molecule has 8 heteroatoms. The zero-order valence-electron chi connectivity index (χ0n) is 16.5. The van der Waals surface area contributed by atoms with Gasteiger partial charge in [-0.25, -0.2) is 13.5 Å². The first-order valence-corrected chi connectivity index (χ1v) is 10.8. The third kappa shape index (κ3) is 4.35. The minimum absolute atomic E-state index is 0.0403. The van der Waals surface area contributed by atoms with Crippen molar-refractivity contribution >= 4 is 23.2 Å². The quantitative estimate of drug-likeness (QED) is 0.709. The summed E-state index contributed by atoms with van der Waals surface area (Å²) in [5, 5.41) is 11.6. The molecule has 0 aliphatic carbocycles. The first-order valence-electron chi connectivity index (χ1n) is 9.99. The second-order valence-corrected chi connectivity index (χ2v) is 8.77. The second-order valence-electron chi connectivity index (χ2n) is 7.72. The summed E-state index contributed by atoms with van der Waals surface area (Å²) in [4.78, 5) is 26.2. The maximum absolute atomic E-state index is 14.3. The van der Waals surface area contributed by atoms with Crippen LogP contribution in [0.5, 0.6) is 0 Å². The number of halogens is 1. The van der Waals surface area contributed by atoms with Crippen molar-refractivity contribution in [3.63, 3.8) is 0 Å². The number of carbonyl (C=O) groups is 2. The van der Waals surface area contributed by atoms with Gasteiger partial charge in [-0.3, -0.25) is 10.1 Å². The molecule has 0 bridgehead atoms. The van der Waals surface area contributed by atoms with Crippen molar-refractivity contribution in [2.75, 3.05) is 13.1 Å². The van der Waals surface area contributed by atoms with Gasteiger partial charge in [0.1, 0.15) is 5.82 Å². The molecule has 2 heterocycles. The van der Waals surface area contributed by atoms with E-state index in [0.29, 0.717) is 37.9 Å². The lowest BCUT2D eigenvalue weighted by atomic mass is 9.96. The van der Waals surface area contributed by atoms with E-state index in [0.717, 1.165) is 17.5 Å². The molecule has 1 spiro atoms. The molecular weight excluding hydrogens is 405 g/mol. The van der Waals surface area contributed by atoms with Crippen LogP contribution in [0.15, 0.2) is 54.6 Å². The number of nitrogens with zero attached hydrogens (tertiary/aromatic N) is 2. The van der Waals surface area contributed by atoms with E-state index in [2.05, 4.69) is 5.32 Å². The Morgan fingerprint density at radius 3 is 2.47 bits per heavy atom. The molecule has 1 amide bonds. The number of hydrogen-bond acceptors (Lipinski definition) is 5. The Labute approximate surface area is 179 Å². The minimum Gasteiger partial charge on any atom is -0.472 e. The van der Waals surface area contributed by atoms with Gasteiger partial charge in [-0.15, -0.1) is 0 Å². The first-order chi connectivity index (χ1) is 14.5. The smallest absolute Gasteiger partial charge is 0.380 e. The molecule has 4 rings (SSSR count). The van der Waals surface area contributed by atoms with E-state index in [9.17, 15) is 14.0 Å². The molecular formula is C22H24FN3O3S. The van der Waals surface area contributed by atoms with Gasteiger partial charge in [-0.2, -0.15) is 0 Å². The van der Waals surface area contributed by atoms with Gasteiger partial charge in [0, 0.05) is 30.6 Å². The lowest BCUT2D eigenvalue weighted by Crippen LogP contribution is -2.58. The van der Waals surface area contributed by atoms with Gasteiger partial charge in [-0.1, -0.05) is 48.5 Å². The Bertz CT molecular complexity index is 919.